The minimum Gasteiger partial charge on any atom is -0.399 e. The molecule has 3 heteroatoms. The van der Waals surface area contributed by atoms with Crippen molar-refractivity contribution in [2.24, 2.45) is 0 Å². The maximum absolute atomic E-state index is 6.40. The Kier molecular flexibility index (Phi) is 3.05. The molecule has 0 radical (unpaired) electrons. The van der Waals surface area contributed by atoms with Crippen LogP contribution in [0.1, 0.15) is 51.7 Å². The molecule has 2 nitrogen and oxygen atoms in total. The van der Waals surface area contributed by atoms with Crippen molar-refractivity contribution in [3.63, 3.8) is 0 Å². The summed E-state index contributed by atoms with van der Waals surface area (Å²) in [5.41, 5.74) is 6.41. The molecule has 3 aliphatic rings. The second kappa shape index (κ2) is 5.08. The Morgan fingerprint density at radius 3 is 2.11 bits per heavy atom. The normalized spacial score (nSPS) is 22.5. The number of hydrogen-bond acceptors (Lipinski definition) is 2. The molecule has 0 amide bonds. The Labute approximate surface area is 167 Å². The van der Waals surface area contributed by atoms with E-state index in [-0.39, 0.29) is 23.7 Å². The van der Waals surface area contributed by atoms with E-state index in [9.17, 15) is 0 Å². The highest BCUT2D eigenvalue weighted by Gasteiger charge is 2.53. The number of hydrogen-bond donors (Lipinski definition) is 0. The van der Waals surface area contributed by atoms with Crippen LogP contribution in [0.5, 0.6) is 0 Å². The van der Waals surface area contributed by atoms with Crippen LogP contribution in [-0.4, -0.2) is 18.3 Å². The lowest BCUT2D eigenvalue weighted by Gasteiger charge is -2.32. The molecule has 28 heavy (non-hydrogen) atoms. The first-order valence-electron chi connectivity index (χ1n) is 10.4. The SMILES string of the molecule is CC1(C)OB(c2ccc3c4c(cccc24)-c2ccccc2C32CC2)OC1(C)C. The lowest BCUT2D eigenvalue weighted by molar-refractivity contribution is 0.00578. The van der Waals surface area contributed by atoms with Gasteiger partial charge in [-0.25, -0.2) is 0 Å². The van der Waals surface area contributed by atoms with E-state index < -0.39 is 0 Å². The van der Waals surface area contributed by atoms with E-state index in [0.29, 0.717) is 0 Å². The van der Waals surface area contributed by atoms with Crippen molar-refractivity contribution < 1.29 is 9.31 Å². The van der Waals surface area contributed by atoms with Crippen LogP contribution >= 0.6 is 0 Å². The van der Waals surface area contributed by atoms with Crippen LogP contribution in [0.4, 0.5) is 0 Å². The Balaban J connectivity index is 1.62. The molecular formula is C25H25BO2. The minimum absolute atomic E-state index is 0.206. The van der Waals surface area contributed by atoms with Crippen LogP contribution < -0.4 is 5.46 Å². The summed E-state index contributed by atoms with van der Waals surface area (Å²) < 4.78 is 12.8. The fourth-order valence-corrected chi connectivity index (χ4v) is 5.17. The molecule has 6 rings (SSSR count). The first-order valence-corrected chi connectivity index (χ1v) is 10.4. The molecule has 0 aromatic heterocycles. The van der Waals surface area contributed by atoms with Crippen molar-refractivity contribution in [3.05, 3.63) is 65.7 Å². The number of fused-ring (bicyclic) bond motifs is 4. The van der Waals surface area contributed by atoms with Crippen LogP contribution in [0.15, 0.2) is 54.6 Å². The molecule has 1 spiro atoms. The van der Waals surface area contributed by atoms with Gasteiger partial charge in [0.2, 0.25) is 0 Å². The molecule has 0 N–H and O–H groups in total. The summed E-state index contributed by atoms with van der Waals surface area (Å²) in [7, 11) is -0.332. The van der Waals surface area contributed by atoms with E-state index >= 15 is 0 Å². The first-order chi connectivity index (χ1) is 13.3. The Hall–Kier alpha value is -2.10. The topological polar surface area (TPSA) is 18.5 Å². The second-order valence-electron chi connectivity index (χ2n) is 9.65. The van der Waals surface area contributed by atoms with Crippen molar-refractivity contribution in [2.75, 3.05) is 0 Å². The van der Waals surface area contributed by atoms with E-state index in [4.69, 9.17) is 9.31 Å². The molecule has 0 atom stereocenters. The maximum Gasteiger partial charge on any atom is 0.495 e. The van der Waals surface area contributed by atoms with Crippen molar-refractivity contribution in [1.29, 1.82) is 0 Å². The van der Waals surface area contributed by atoms with Gasteiger partial charge in [0.05, 0.1) is 11.2 Å². The predicted molar refractivity (Wildman–Crippen MR) is 115 cm³/mol. The molecule has 1 saturated carbocycles. The molecule has 1 heterocycles. The summed E-state index contributed by atoms with van der Waals surface area (Å²) in [6.45, 7) is 8.47. The second-order valence-corrected chi connectivity index (χ2v) is 9.65. The zero-order valence-corrected chi connectivity index (χ0v) is 17.0. The van der Waals surface area contributed by atoms with Gasteiger partial charge in [-0.2, -0.15) is 0 Å². The summed E-state index contributed by atoms with van der Waals surface area (Å²) in [5, 5.41) is 2.67. The lowest BCUT2D eigenvalue weighted by atomic mass is 9.69. The average Bonchev–Trinajstić information content (AvgIpc) is 3.42. The smallest absolute Gasteiger partial charge is 0.399 e. The van der Waals surface area contributed by atoms with Gasteiger partial charge in [-0.05, 0) is 79.0 Å². The largest absolute Gasteiger partial charge is 0.495 e. The van der Waals surface area contributed by atoms with Crippen LogP contribution in [0, 0.1) is 0 Å². The van der Waals surface area contributed by atoms with E-state index in [1.165, 1.54) is 45.9 Å². The summed E-state index contributed by atoms with van der Waals surface area (Å²) >= 11 is 0. The summed E-state index contributed by atoms with van der Waals surface area (Å²) in [6.07, 6.45) is 2.48. The summed E-state index contributed by atoms with van der Waals surface area (Å²) in [6, 6.07) is 20.2. The van der Waals surface area contributed by atoms with E-state index in [1.807, 2.05) is 0 Å². The Morgan fingerprint density at radius 1 is 0.714 bits per heavy atom. The fourth-order valence-electron chi connectivity index (χ4n) is 5.17. The average molecular weight is 368 g/mol. The van der Waals surface area contributed by atoms with E-state index in [0.717, 1.165) is 5.46 Å². The van der Waals surface area contributed by atoms with Gasteiger partial charge in [0, 0.05) is 5.41 Å². The predicted octanol–water partition coefficient (Wildman–Crippen LogP) is 5.20. The zero-order chi connectivity index (χ0) is 19.3. The van der Waals surface area contributed by atoms with Crippen molar-refractivity contribution in [2.45, 2.75) is 57.2 Å². The molecule has 1 saturated heterocycles. The van der Waals surface area contributed by atoms with Gasteiger partial charge in [0.1, 0.15) is 0 Å². The van der Waals surface area contributed by atoms with Crippen LogP contribution in [0.3, 0.4) is 0 Å². The lowest BCUT2D eigenvalue weighted by Crippen LogP contribution is -2.41. The highest BCUT2D eigenvalue weighted by atomic mass is 16.7. The Bertz CT molecular complexity index is 1120. The highest BCUT2D eigenvalue weighted by Crippen LogP contribution is 2.61. The molecule has 2 aliphatic carbocycles. The molecular weight excluding hydrogens is 343 g/mol. The molecule has 140 valence electrons. The van der Waals surface area contributed by atoms with E-state index in [1.54, 1.807) is 0 Å². The molecule has 1 aliphatic heterocycles. The van der Waals surface area contributed by atoms with Crippen molar-refractivity contribution in [1.82, 2.24) is 0 Å². The molecule has 3 aromatic rings. The minimum atomic E-state index is -0.332. The Morgan fingerprint density at radius 2 is 1.39 bits per heavy atom. The highest BCUT2D eigenvalue weighted by molar-refractivity contribution is 6.65. The van der Waals surface area contributed by atoms with Gasteiger partial charge in [-0.15, -0.1) is 0 Å². The monoisotopic (exact) mass is 368 g/mol. The van der Waals surface area contributed by atoms with Gasteiger partial charge in [-0.1, -0.05) is 54.6 Å². The molecule has 0 bridgehead atoms. The van der Waals surface area contributed by atoms with Gasteiger partial charge in [0.25, 0.3) is 0 Å². The van der Waals surface area contributed by atoms with Crippen LogP contribution in [-0.2, 0) is 14.7 Å². The molecule has 0 unspecified atom stereocenters. The zero-order valence-electron chi connectivity index (χ0n) is 17.0. The van der Waals surface area contributed by atoms with Crippen molar-refractivity contribution >= 4 is 23.4 Å². The molecule has 3 aromatic carbocycles. The van der Waals surface area contributed by atoms with Gasteiger partial charge in [0.15, 0.2) is 0 Å². The fraction of sp³-hybridized carbons (Fsp3) is 0.360. The van der Waals surface area contributed by atoms with Crippen LogP contribution in [0.25, 0.3) is 21.9 Å². The van der Waals surface area contributed by atoms with E-state index in [2.05, 4.69) is 82.3 Å². The standard InChI is InChI=1S/C25H25BO2/c1-23(2)24(3,4)28-26(27-23)21-13-12-20-22-17(9-7-10-18(21)22)16-8-5-6-11-19(16)25(20)14-15-25/h5-13H,14-15H2,1-4H3. The maximum atomic E-state index is 6.40. The quantitative estimate of drug-likeness (QED) is 0.550. The van der Waals surface area contributed by atoms with Gasteiger partial charge < -0.3 is 9.31 Å². The van der Waals surface area contributed by atoms with Crippen LogP contribution in [0.2, 0.25) is 0 Å². The van der Waals surface area contributed by atoms with Gasteiger partial charge >= 0.3 is 7.12 Å². The number of rotatable bonds is 1. The number of benzene rings is 3. The summed E-state index contributed by atoms with van der Waals surface area (Å²) in [5.74, 6) is 0. The van der Waals surface area contributed by atoms with Gasteiger partial charge in [-0.3, -0.25) is 0 Å². The third kappa shape index (κ3) is 1.96. The third-order valence-electron chi connectivity index (χ3n) is 7.58. The third-order valence-corrected chi connectivity index (χ3v) is 7.58. The first kappa shape index (κ1) is 16.8. The summed E-state index contributed by atoms with van der Waals surface area (Å²) in [4.78, 5) is 0. The van der Waals surface area contributed by atoms with Crippen molar-refractivity contribution in [3.8, 4) is 11.1 Å². The molecule has 2 fully saturated rings.